The molecular formula is C17H20N2O3. The van der Waals surface area contributed by atoms with Crippen LogP contribution < -0.4 is 15.0 Å². The first-order valence-corrected chi connectivity index (χ1v) is 7.50. The van der Waals surface area contributed by atoms with Crippen molar-refractivity contribution >= 4 is 11.6 Å². The molecular weight excluding hydrogens is 280 g/mol. The van der Waals surface area contributed by atoms with E-state index in [0.717, 1.165) is 24.8 Å². The number of fused-ring (bicyclic) bond motifs is 1. The predicted molar refractivity (Wildman–Crippen MR) is 83.9 cm³/mol. The van der Waals surface area contributed by atoms with Crippen LogP contribution in [0, 0.1) is 11.8 Å². The molecule has 2 N–H and O–H groups in total. The van der Waals surface area contributed by atoms with E-state index in [0.29, 0.717) is 18.0 Å². The molecule has 1 fully saturated rings. The number of rotatable bonds is 1. The van der Waals surface area contributed by atoms with Crippen molar-refractivity contribution in [2.24, 2.45) is 0 Å². The number of anilines is 1. The van der Waals surface area contributed by atoms with Gasteiger partial charge in [0.05, 0.1) is 5.69 Å². The molecule has 1 aliphatic carbocycles. The van der Waals surface area contributed by atoms with Crippen LogP contribution in [0.5, 0.6) is 5.75 Å². The highest BCUT2D eigenvalue weighted by molar-refractivity contribution is 5.99. The van der Waals surface area contributed by atoms with Gasteiger partial charge in [0, 0.05) is 12.6 Å². The molecule has 1 unspecified atom stereocenters. The average molecular weight is 300 g/mol. The van der Waals surface area contributed by atoms with E-state index in [1.807, 2.05) is 18.2 Å². The van der Waals surface area contributed by atoms with E-state index in [1.165, 1.54) is 0 Å². The molecule has 0 radical (unpaired) electrons. The number of benzene rings is 1. The number of nitrogens with one attached hydrogen (secondary N) is 1. The fourth-order valence-electron chi connectivity index (χ4n) is 2.61. The van der Waals surface area contributed by atoms with Crippen LogP contribution in [0.2, 0.25) is 0 Å². The minimum Gasteiger partial charge on any atom is -0.489 e. The predicted octanol–water partition coefficient (Wildman–Crippen LogP) is 0.896. The third kappa shape index (κ3) is 2.68. The highest BCUT2D eigenvalue weighted by atomic mass is 16.5. The molecule has 0 saturated heterocycles. The number of hydrogen-bond donors (Lipinski definition) is 2. The molecule has 1 atom stereocenters. The molecule has 0 aromatic heterocycles. The molecule has 2 aliphatic rings. The van der Waals surface area contributed by atoms with Gasteiger partial charge in [-0.1, -0.05) is 11.8 Å². The normalized spacial score (nSPS) is 22.6. The molecule has 0 bridgehead atoms. The Bertz CT molecular complexity index is 656. The van der Waals surface area contributed by atoms with Crippen LogP contribution in [0.15, 0.2) is 18.2 Å². The second-order valence-corrected chi connectivity index (χ2v) is 5.87. The van der Waals surface area contributed by atoms with E-state index in [9.17, 15) is 9.90 Å². The van der Waals surface area contributed by atoms with Crippen LogP contribution in [0.25, 0.3) is 0 Å². The minimum atomic E-state index is -0.831. The summed E-state index contributed by atoms with van der Waals surface area (Å²) in [7, 11) is 3.48. The Morgan fingerprint density at radius 2 is 2.23 bits per heavy atom. The summed E-state index contributed by atoms with van der Waals surface area (Å²) in [6, 6.07) is 5.15. The van der Waals surface area contributed by atoms with Gasteiger partial charge in [0.1, 0.15) is 24.0 Å². The lowest BCUT2D eigenvalue weighted by atomic mass is 9.81. The van der Waals surface area contributed by atoms with Gasteiger partial charge < -0.3 is 20.1 Å². The number of ether oxygens (including phenoxy) is 1. The van der Waals surface area contributed by atoms with Gasteiger partial charge >= 0.3 is 0 Å². The minimum absolute atomic E-state index is 0.0380. The summed E-state index contributed by atoms with van der Waals surface area (Å²) in [6.07, 6.45) is 2.48. The first-order valence-electron chi connectivity index (χ1n) is 7.50. The maximum atomic E-state index is 12.3. The van der Waals surface area contributed by atoms with Crippen molar-refractivity contribution in [3.8, 4) is 17.6 Å². The number of amides is 1. The van der Waals surface area contributed by atoms with Crippen molar-refractivity contribution < 1.29 is 14.6 Å². The molecule has 1 heterocycles. The standard InChI is InChI=1S/C17H20N2O3/c1-18-13-11-22-15-5-4-12(6-9-17(21)7-3-8-17)10-14(15)19(2)16(13)20/h4-5,10,13,18,21H,3,7-8,11H2,1-2H3. The van der Waals surface area contributed by atoms with Gasteiger partial charge in [0.15, 0.2) is 0 Å². The van der Waals surface area contributed by atoms with E-state index in [1.54, 1.807) is 19.0 Å². The highest BCUT2D eigenvalue weighted by Gasteiger charge is 2.32. The fourth-order valence-corrected chi connectivity index (χ4v) is 2.61. The summed E-state index contributed by atoms with van der Waals surface area (Å²) in [5, 5.41) is 13.0. The van der Waals surface area contributed by atoms with E-state index in [2.05, 4.69) is 17.2 Å². The molecule has 5 heteroatoms. The molecule has 1 aromatic rings. The molecule has 0 spiro atoms. The molecule has 22 heavy (non-hydrogen) atoms. The van der Waals surface area contributed by atoms with Gasteiger partial charge in [-0.15, -0.1) is 0 Å². The topological polar surface area (TPSA) is 61.8 Å². The largest absolute Gasteiger partial charge is 0.489 e. The number of likely N-dealkylation sites (N-methyl/N-ethyl adjacent to an activating group) is 2. The van der Waals surface area contributed by atoms with Crippen LogP contribution in [-0.2, 0) is 4.79 Å². The molecule has 1 amide bonds. The van der Waals surface area contributed by atoms with Crippen molar-refractivity contribution in [3.63, 3.8) is 0 Å². The Morgan fingerprint density at radius 1 is 1.45 bits per heavy atom. The summed E-state index contributed by atoms with van der Waals surface area (Å²) < 4.78 is 5.70. The van der Waals surface area contributed by atoms with Crippen LogP contribution in [-0.4, -0.2) is 43.4 Å². The zero-order valence-electron chi connectivity index (χ0n) is 12.8. The third-order valence-corrected chi connectivity index (χ3v) is 4.32. The van der Waals surface area contributed by atoms with Crippen molar-refractivity contribution in [1.82, 2.24) is 5.32 Å². The second kappa shape index (κ2) is 5.64. The van der Waals surface area contributed by atoms with Gasteiger partial charge in [0.2, 0.25) is 5.91 Å². The number of carbonyl (C=O) groups excluding carboxylic acids is 1. The summed E-state index contributed by atoms with van der Waals surface area (Å²) >= 11 is 0. The number of carbonyl (C=O) groups is 1. The summed E-state index contributed by atoms with van der Waals surface area (Å²) in [6.45, 7) is 0.303. The Hall–Kier alpha value is -2.03. The van der Waals surface area contributed by atoms with Crippen LogP contribution in [0.4, 0.5) is 5.69 Å². The van der Waals surface area contributed by atoms with Crippen LogP contribution in [0.3, 0.4) is 0 Å². The smallest absolute Gasteiger partial charge is 0.247 e. The quantitative estimate of drug-likeness (QED) is 0.756. The molecule has 1 aromatic carbocycles. The van der Waals surface area contributed by atoms with Crippen molar-refractivity contribution in [2.75, 3.05) is 25.6 Å². The van der Waals surface area contributed by atoms with Gasteiger partial charge in [0.25, 0.3) is 0 Å². The number of nitrogens with zero attached hydrogens (tertiary/aromatic N) is 1. The van der Waals surface area contributed by atoms with Gasteiger partial charge in [-0.05, 0) is 44.5 Å². The lowest BCUT2D eigenvalue weighted by Crippen LogP contribution is -2.45. The van der Waals surface area contributed by atoms with Gasteiger partial charge in [-0.2, -0.15) is 0 Å². The van der Waals surface area contributed by atoms with Gasteiger partial charge in [-0.25, -0.2) is 0 Å². The van der Waals surface area contributed by atoms with Crippen molar-refractivity contribution in [3.05, 3.63) is 23.8 Å². The number of aliphatic hydroxyl groups is 1. The Kier molecular flexibility index (Phi) is 3.81. The van der Waals surface area contributed by atoms with Crippen molar-refractivity contribution in [1.29, 1.82) is 0 Å². The first-order chi connectivity index (χ1) is 10.5. The van der Waals surface area contributed by atoms with E-state index < -0.39 is 5.60 Å². The van der Waals surface area contributed by atoms with E-state index in [-0.39, 0.29) is 11.9 Å². The lowest BCUT2D eigenvalue weighted by Gasteiger charge is -2.30. The molecule has 116 valence electrons. The summed E-state index contributed by atoms with van der Waals surface area (Å²) in [4.78, 5) is 13.9. The maximum absolute atomic E-state index is 12.3. The number of hydrogen-bond acceptors (Lipinski definition) is 4. The Morgan fingerprint density at radius 3 is 2.86 bits per heavy atom. The van der Waals surface area contributed by atoms with E-state index >= 15 is 0 Å². The zero-order chi connectivity index (χ0) is 15.7. The Labute approximate surface area is 130 Å². The third-order valence-electron chi connectivity index (χ3n) is 4.32. The van der Waals surface area contributed by atoms with Crippen molar-refractivity contribution in [2.45, 2.75) is 30.9 Å². The summed E-state index contributed by atoms with van der Waals surface area (Å²) in [5.41, 5.74) is 0.641. The fraction of sp³-hybridized carbons (Fsp3) is 0.471. The summed E-state index contributed by atoms with van der Waals surface area (Å²) in [5.74, 6) is 6.57. The second-order valence-electron chi connectivity index (χ2n) is 5.87. The van der Waals surface area contributed by atoms with Crippen LogP contribution >= 0.6 is 0 Å². The first kappa shape index (κ1) is 14.9. The van der Waals surface area contributed by atoms with Crippen LogP contribution in [0.1, 0.15) is 24.8 Å². The maximum Gasteiger partial charge on any atom is 0.247 e. The molecule has 3 rings (SSSR count). The highest BCUT2D eigenvalue weighted by Crippen LogP contribution is 2.33. The van der Waals surface area contributed by atoms with Gasteiger partial charge in [-0.3, -0.25) is 4.79 Å². The molecule has 1 aliphatic heterocycles. The molecule has 5 nitrogen and oxygen atoms in total. The monoisotopic (exact) mass is 300 g/mol. The Balaban J connectivity index is 1.90. The lowest BCUT2D eigenvalue weighted by molar-refractivity contribution is -0.120. The zero-order valence-corrected chi connectivity index (χ0v) is 12.8. The average Bonchev–Trinajstić information content (AvgIpc) is 2.61. The SMILES string of the molecule is CNC1COc2ccc(C#CC3(O)CCC3)cc2N(C)C1=O. The molecule has 1 saturated carbocycles. The van der Waals surface area contributed by atoms with E-state index in [4.69, 9.17) is 4.74 Å².